The van der Waals surface area contributed by atoms with Gasteiger partial charge in [0.25, 0.3) is 0 Å². The second-order valence-corrected chi connectivity index (χ2v) is 3.24. The summed E-state index contributed by atoms with van der Waals surface area (Å²) < 4.78 is 6.04. The fourth-order valence-electron chi connectivity index (χ4n) is 1.39. The number of rotatable bonds is 2. The second kappa shape index (κ2) is 4.61. The lowest BCUT2D eigenvalue weighted by atomic mass is 10.1. The topological polar surface area (TPSA) is 44.1 Å². The Morgan fingerprint density at radius 2 is 2.06 bits per heavy atom. The molecule has 1 heterocycles. The summed E-state index contributed by atoms with van der Waals surface area (Å²) in [6, 6.07) is 9.76. The zero-order valence-electron chi connectivity index (χ0n) is 8.96. The summed E-state index contributed by atoms with van der Waals surface area (Å²) in [7, 11) is 0. The molecule has 16 heavy (non-hydrogen) atoms. The summed E-state index contributed by atoms with van der Waals surface area (Å²) in [5.74, 6) is 0. The Kier molecular flexibility index (Phi) is 3.00. The van der Waals surface area contributed by atoms with Crippen LogP contribution in [0.4, 0.5) is 4.79 Å². The minimum absolute atomic E-state index is 0.347. The van der Waals surface area contributed by atoms with Gasteiger partial charge in [-0.1, -0.05) is 30.3 Å². The number of carbonyl (C=O) groups is 1. The van der Waals surface area contributed by atoms with E-state index >= 15 is 0 Å². The maximum absolute atomic E-state index is 11.4. The lowest BCUT2D eigenvalue weighted by Gasteiger charge is -1.99. The first kappa shape index (κ1) is 10.4. The maximum Gasteiger partial charge on any atom is 0.434 e. The second-order valence-electron chi connectivity index (χ2n) is 3.24. The van der Waals surface area contributed by atoms with Crippen molar-refractivity contribution in [2.75, 3.05) is 6.61 Å². The third-order valence-corrected chi connectivity index (χ3v) is 2.14. The molecule has 0 aliphatic carbocycles. The molecule has 0 atom stereocenters. The fraction of sp³-hybridized carbons (Fsp3) is 0.167. The lowest BCUT2D eigenvalue weighted by molar-refractivity contribution is 0.150. The zero-order valence-corrected chi connectivity index (χ0v) is 8.96. The average molecular weight is 216 g/mol. The van der Waals surface area contributed by atoms with Gasteiger partial charge in [0, 0.05) is 11.8 Å². The van der Waals surface area contributed by atoms with E-state index < -0.39 is 6.09 Å². The van der Waals surface area contributed by atoms with Gasteiger partial charge in [0.2, 0.25) is 0 Å². The van der Waals surface area contributed by atoms with Gasteiger partial charge in [-0.15, -0.1) is 0 Å². The smallest absolute Gasteiger partial charge is 0.434 e. The number of aromatic nitrogens is 2. The van der Waals surface area contributed by atoms with Crippen molar-refractivity contribution in [3.63, 3.8) is 0 Å². The van der Waals surface area contributed by atoms with Gasteiger partial charge in [0.05, 0.1) is 12.8 Å². The van der Waals surface area contributed by atoms with Gasteiger partial charge in [-0.2, -0.15) is 9.78 Å². The summed E-state index contributed by atoms with van der Waals surface area (Å²) in [6.45, 7) is 2.11. The van der Waals surface area contributed by atoms with Crippen molar-refractivity contribution in [1.82, 2.24) is 9.78 Å². The molecule has 4 nitrogen and oxygen atoms in total. The maximum atomic E-state index is 11.4. The van der Waals surface area contributed by atoms with Crippen LogP contribution in [0.2, 0.25) is 0 Å². The molecule has 2 aromatic rings. The van der Waals surface area contributed by atoms with Crippen molar-refractivity contribution >= 4 is 6.09 Å². The lowest BCUT2D eigenvalue weighted by Crippen LogP contribution is -2.13. The van der Waals surface area contributed by atoms with Crippen LogP contribution in [0, 0.1) is 0 Å². The first-order valence-electron chi connectivity index (χ1n) is 5.08. The molecule has 0 saturated carbocycles. The average Bonchev–Trinajstić information content (AvgIpc) is 2.80. The van der Waals surface area contributed by atoms with E-state index in [0.717, 1.165) is 11.1 Å². The Balaban J connectivity index is 2.23. The summed E-state index contributed by atoms with van der Waals surface area (Å²) in [5, 5.41) is 3.95. The van der Waals surface area contributed by atoms with Crippen LogP contribution < -0.4 is 0 Å². The van der Waals surface area contributed by atoms with Gasteiger partial charge in [-0.05, 0) is 12.5 Å². The van der Waals surface area contributed by atoms with Crippen LogP contribution in [-0.2, 0) is 4.74 Å². The van der Waals surface area contributed by atoms with Gasteiger partial charge in [0.15, 0.2) is 0 Å². The van der Waals surface area contributed by atoms with Crippen molar-refractivity contribution in [1.29, 1.82) is 0 Å². The molecule has 2 rings (SSSR count). The Hall–Kier alpha value is -2.10. The van der Waals surface area contributed by atoms with Crippen molar-refractivity contribution in [2.24, 2.45) is 0 Å². The number of hydrogen-bond donors (Lipinski definition) is 0. The molecule has 1 aromatic carbocycles. The monoisotopic (exact) mass is 216 g/mol. The molecule has 0 fully saturated rings. The van der Waals surface area contributed by atoms with E-state index in [1.807, 2.05) is 30.3 Å². The summed E-state index contributed by atoms with van der Waals surface area (Å²) in [5.41, 5.74) is 1.92. The molecule has 0 aliphatic rings. The normalized spacial score (nSPS) is 10.1. The minimum atomic E-state index is -0.454. The highest BCUT2D eigenvalue weighted by Crippen LogP contribution is 2.17. The highest BCUT2D eigenvalue weighted by atomic mass is 16.5. The van der Waals surface area contributed by atoms with Gasteiger partial charge in [-0.25, -0.2) is 4.79 Å². The first-order chi connectivity index (χ1) is 7.81. The van der Waals surface area contributed by atoms with E-state index in [9.17, 15) is 4.79 Å². The van der Waals surface area contributed by atoms with Crippen LogP contribution in [-0.4, -0.2) is 22.5 Å². The fourth-order valence-corrected chi connectivity index (χ4v) is 1.39. The van der Waals surface area contributed by atoms with E-state index in [4.69, 9.17) is 4.74 Å². The Morgan fingerprint density at radius 1 is 1.31 bits per heavy atom. The summed E-state index contributed by atoms with van der Waals surface area (Å²) in [4.78, 5) is 11.4. The predicted molar refractivity (Wildman–Crippen MR) is 60.1 cm³/mol. The van der Waals surface area contributed by atoms with Crippen LogP contribution in [0.15, 0.2) is 42.7 Å². The SMILES string of the molecule is CCOC(=O)n1cc(-c2ccccc2)cn1. The summed E-state index contributed by atoms with van der Waals surface area (Å²) in [6.07, 6.45) is 2.85. The molecule has 0 aliphatic heterocycles. The van der Waals surface area contributed by atoms with Crippen molar-refractivity contribution in [3.8, 4) is 11.1 Å². The number of carbonyl (C=O) groups excluding carboxylic acids is 1. The number of ether oxygens (including phenoxy) is 1. The van der Waals surface area contributed by atoms with Crippen LogP contribution >= 0.6 is 0 Å². The van der Waals surface area contributed by atoms with E-state index in [1.165, 1.54) is 4.68 Å². The molecule has 1 aromatic heterocycles. The van der Waals surface area contributed by atoms with E-state index in [2.05, 4.69) is 5.10 Å². The van der Waals surface area contributed by atoms with Crippen LogP contribution in [0.3, 0.4) is 0 Å². The Labute approximate surface area is 93.5 Å². The number of hydrogen-bond acceptors (Lipinski definition) is 3. The van der Waals surface area contributed by atoms with Gasteiger partial charge < -0.3 is 4.74 Å². The molecule has 0 spiro atoms. The Bertz CT molecular complexity index is 477. The van der Waals surface area contributed by atoms with Crippen molar-refractivity contribution in [2.45, 2.75) is 6.92 Å². The standard InChI is InChI=1S/C12H12N2O2/c1-2-16-12(15)14-9-11(8-13-14)10-6-4-3-5-7-10/h3-9H,2H2,1H3. The van der Waals surface area contributed by atoms with E-state index in [0.29, 0.717) is 6.61 Å². The minimum Gasteiger partial charge on any atom is -0.448 e. The van der Waals surface area contributed by atoms with Gasteiger partial charge in [0.1, 0.15) is 0 Å². The quantitative estimate of drug-likeness (QED) is 0.774. The molecule has 0 bridgehead atoms. The number of benzene rings is 1. The third-order valence-electron chi connectivity index (χ3n) is 2.14. The highest BCUT2D eigenvalue weighted by Gasteiger charge is 2.07. The largest absolute Gasteiger partial charge is 0.448 e. The molecular weight excluding hydrogens is 204 g/mol. The molecule has 82 valence electrons. The van der Waals surface area contributed by atoms with Crippen LogP contribution in [0.1, 0.15) is 6.92 Å². The van der Waals surface area contributed by atoms with E-state index in [-0.39, 0.29) is 0 Å². The zero-order chi connectivity index (χ0) is 11.4. The molecule has 4 heteroatoms. The van der Waals surface area contributed by atoms with Crippen LogP contribution in [0.25, 0.3) is 11.1 Å². The molecular formula is C12H12N2O2. The first-order valence-corrected chi connectivity index (χ1v) is 5.08. The predicted octanol–water partition coefficient (Wildman–Crippen LogP) is 2.55. The molecule has 0 unspecified atom stereocenters. The molecule has 0 N–H and O–H groups in total. The van der Waals surface area contributed by atoms with Gasteiger partial charge in [-0.3, -0.25) is 0 Å². The summed E-state index contributed by atoms with van der Waals surface area (Å²) >= 11 is 0. The number of nitrogens with zero attached hydrogens (tertiary/aromatic N) is 2. The molecule has 0 amide bonds. The molecule has 0 saturated heterocycles. The van der Waals surface area contributed by atoms with Gasteiger partial charge >= 0.3 is 6.09 Å². The van der Waals surface area contributed by atoms with Crippen molar-refractivity contribution < 1.29 is 9.53 Å². The molecule has 0 radical (unpaired) electrons. The third kappa shape index (κ3) is 2.11. The Morgan fingerprint density at radius 3 is 2.75 bits per heavy atom. The van der Waals surface area contributed by atoms with Crippen LogP contribution in [0.5, 0.6) is 0 Å². The highest BCUT2D eigenvalue weighted by molar-refractivity contribution is 5.72. The van der Waals surface area contributed by atoms with E-state index in [1.54, 1.807) is 19.3 Å². The van der Waals surface area contributed by atoms with Crippen molar-refractivity contribution in [3.05, 3.63) is 42.7 Å².